The van der Waals surface area contributed by atoms with Gasteiger partial charge in [-0.2, -0.15) is 5.10 Å². The first kappa shape index (κ1) is 8.62. The number of nitrogens with two attached hydrogens (primary N) is 1. The van der Waals surface area contributed by atoms with Crippen molar-refractivity contribution >= 4 is 0 Å². The van der Waals surface area contributed by atoms with Crippen LogP contribution in [0.1, 0.15) is 18.9 Å². The Bertz CT molecular complexity index is 334. The third-order valence-corrected chi connectivity index (χ3v) is 2.50. The summed E-state index contributed by atoms with van der Waals surface area (Å²) in [6, 6.07) is 0. The highest BCUT2D eigenvalue weighted by Crippen LogP contribution is 2.57. The Balaban J connectivity index is 2.28. The van der Waals surface area contributed by atoms with E-state index in [1.165, 1.54) is 6.20 Å². The lowest BCUT2D eigenvalue weighted by atomic mass is 10.1. The third kappa shape index (κ3) is 1.07. The van der Waals surface area contributed by atoms with Gasteiger partial charge in [0.1, 0.15) is 5.54 Å². The number of alkyl halides is 2. The predicted molar refractivity (Wildman–Crippen MR) is 43.3 cm³/mol. The van der Waals surface area contributed by atoms with Crippen LogP contribution in [0, 0.1) is 0 Å². The highest BCUT2D eigenvalue weighted by atomic mass is 19.3. The Morgan fingerprint density at radius 2 is 2.31 bits per heavy atom. The van der Waals surface area contributed by atoms with Crippen LogP contribution in [0.2, 0.25) is 0 Å². The van der Waals surface area contributed by atoms with Crippen LogP contribution in [0.4, 0.5) is 8.78 Å². The SMILES string of the molecule is CCn1cc(C2(N)CC2(F)F)cn1. The van der Waals surface area contributed by atoms with E-state index < -0.39 is 11.5 Å². The van der Waals surface area contributed by atoms with Crippen LogP contribution in [-0.2, 0) is 12.1 Å². The molecule has 1 aliphatic rings. The molecule has 0 aromatic carbocycles. The molecule has 0 amide bonds. The van der Waals surface area contributed by atoms with Crippen molar-refractivity contribution in [3.05, 3.63) is 18.0 Å². The van der Waals surface area contributed by atoms with E-state index in [1.807, 2.05) is 6.92 Å². The second-order valence-corrected chi connectivity index (χ2v) is 3.44. The van der Waals surface area contributed by atoms with Crippen molar-refractivity contribution in [2.45, 2.75) is 31.4 Å². The molecular formula is C8H11F2N3. The second-order valence-electron chi connectivity index (χ2n) is 3.44. The second kappa shape index (κ2) is 2.29. The van der Waals surface area contributed by atoms with Gasteiger partial charge in [0.25, 0.3) is 5.92 Å². The van der Waals surface area contributed by atoms with E-state index in [0.29, 0.717) is 12.1 Å². The molecule has 1 fully saturated rings. The van der Waals surface area contributed by atoms with Crippen molar-refractivity contribution in [1.29, 1.82) is 0 Å². The third-order valence-electron chi connectivity index (χ3n) is 2.50. The summed E-state index contributed by atoms with van der Waals surface area (Å²) in [5, 5.41) is 3.91. The standard InChI is InChI=1S/C8H11F2N3/c1-2-13-4-6(3-12-13)7(11)5-8(7,9)10/h3-4H,2,5,11H2,1H3. The molecule has 1 unspecified atom stereocenters. The van der Waals surface area contributed by atoms with Gasteiger partial charge in [0.2, 0.25) is 0 Å². The molecule has 0 radical (unpaired) electrons. The smallest absolute Gasteiger partial charge is 0.272 e. The fraction of sp³-hybridized carbons (Fsp3) is 0.625. The normalized spacial score (nSPS) is 30.5. The number of halogens is 2. The van der Waals surface area contributed by atoms with Crippen molar-refractivity contribution in [2.75, 3.05) is 0 Å². The Morgan fingerprint density at radius 1 is 1.69 bits per heavy atom. The lowest BCUT2D eigenvalue weighted by molar-refractivity contribution is 0.0891. The van der Waals surface area contributed by atoms with Crippen LogP contribution in [0.25, 0.3) is 0 Å². The zero-order valence-electron chi connectivity index (χ0n) is 7.30. The van der Waals surface area contributed by atoms with Crippen LogP contribution < -0.4 is 5.73 Å². The molecule has 2 N–H and O–H groups in total. The monoisotopic (exact) mass is 187 g/mol. The number of rotatable bonds is 2. The van der Waals surface area contributed by atoms with E-state index in [4.69, 9.17) is 5.73 Å². The minimum absolute atomic E-state index is 0.268. The summed E-state index contributed by atoms with van der Waals surface area (Å²) in [4.78, 5) is 0. The number of hydrogen-bond donors (Lipinski definition) is 1. The first-order valence-corrected chi connectivity index (χ1v) is 4.19. The van der Waals surface area contributed by atoms with Crippen LogP contribution >= 0.6 is 0 Å². The minimum Gasteiger partial charge on any atom is -0.316 e. The van der Waals surface area contributed by atoms with Crippen LogP contribution in [-0.4, -0.2) is 15.7 Å². The highest BCUT2D eigenvalue weighted by molar-refractivity contribution is 5.32. The first-order chi connectivity index (χ1) is 5.99. The summed E-state index contributed by atoms with van der Waals surface area (Å²) in [5.41, 5.74) is 4.48. The highest BCUT2D eigenvalue weighted by Gasteiger charge is 2.70. The molecule has 0 spiro atoms. The molecule has 0 bridgehead atoms. The van der Waals surface area contributed by atoms with Crippen LogP contribution in [0.3, 0.4) is 0 Å². The summed E-state index contributed by atoms with van der Waals surface area (Å²) in [6.07, 6.45) is 2.74. The molecule has 1 aromatic rings. The van der Waals surface area contributed by atoms with Gasteiger partial charge in [-0.1, -0.05) is 0 Å². The van der Waals surface area contributed by atoms with Crippen molar-refractivity contribution in [1.82, 2.24) is 9.78 Å². The number of nitrogens with zero attached hydrogens (tertiary/aromatic N) is 2. The van der Waals surface area contributed by atoms with Crippen molar-refractivity contribution in [3.63, 3.8) is 0 Å². The Hall–Kier alpha value is -0.970. The van der Waals surface area contributed by atoms with Crippen LogP contribution in [0.5, 0.6) is 0 Å². The number of aryl methyl sites for hydroxylation is 1. The van der Waals surface area contributed by atoms with E-state index in [9.17, 15) is 8.78 Å². The topological polar surface area (TPSA) is 43.8 Å². The average Bonchev–Trinajstić information content (AvgIpc) is 2.53. The predicted octanol–water partition coefficient (Wildman–Crippen LogP) is 1.10. The Morgan fingerprint density at radius 3 is 2.69 bits per heavy atom. The molecule has 5 heteroatoms. The van der Waals surface area contributed by atoms with Gasteiger partial charge in [-0.15, -0.1) is 0 Å². The zero-order chi connectivity index (χ0) is 9.69. The molecule has 1 aliphatic carbocycles. The van der Waals surface area contributed by atoms with Gasteiger partial charge in [-0.05, 0) is 6.92 Å². The van der Waals surface area contributed by atoms with Crippen molar-refractivity contribution in [2.24, 2.45) is 5.73 Å². The van der Waals surface area contributed by atoms with E-state index in [2.05, 4.69) is 5.10 Å². The summed E-state index contributed by atoms with van der Waals surface area (Å²) in [7, 11) is 0. The maximum absolute atomic E-state index is 12.8. The quantitative estimate of drug-likeness (QED) is 0.753. The van der Waals surface area contributed by atoms with Crippen LogP contribution in [0.15, 0.2) is 12.4 Å². The maximum Gasteiger partial charge on any atom is 0.272 e. The van der Waals surface area contributed by atoms with Crippen molar-refractivity contribution in [3.8, 4) is 0 Å². The molecule has 1 atom stereocenters. The molecule has 0 saturated heterocycles. The maximum atomic E-state index is 12.8. The van der Waals surface area contributed by atoms with E-state index >= 15 is 0 Å². The van der Waals surface area contributed by atoms with Gasteiger partial charge >= 0.3 is 0 Å². The fourth-order valence-electron chi connectivity index (χ4n) is 1.39. The van der Waals surface area contributed by atoms with Gasteiger partial charge in [-0.3, -0.25) is 4.68 Å². The molecule has 0 aliphatic heterocycles. The van der Waals surface area contributed by atoms with Gasteiger partial charge in [0.15, 0.2) is 0 Å². The molecular weight excluding hydrogens is 176 g/mol. The molecule has 13 heavy (non-hydrogen) atoms. The minimum atomic E-state index is -2.76. The molecule has 2 rings (SSSR count). The fourth-order valence-corrected chi connectivity index (χ4v) is 1.39. The Labute approximate surface area is 74.5 Å². The van der Waals surface area contributed by atoms with E-state index in [1.54, 1.807) is 10.9 Å². The Kier molecular flexibility index (Phi) is 1.52. The zero-order valence-corrected chi connectivity index (χ0v) is 7.30. The lowest BCUT2D eigenvalue weighted by Gasteiger charge is -2.05. The van der Waals surface area contributed by atoms with E-state index in [-0.39, 0.29) is 6.42 Å². The number of hydrogen-bond acceptors (Lipinski definition) is 2. The van der Waals surface area contributed by atoms with Gasteiger partial charge in [0.05, 0.1) is 6.20 Å². The summed E-state index contributed by atoms with van der Waals surface area (Å²) >= 11 is 0. The molecule has 3 nitrogen and oxygen atoms in total. The van der Waals surface area contributed by atoms with E-state index in [0.717, 1.165) is 0 Å². The lowest BCUT2D eigenvalue weighted by Crippen LogP contribution is -2.26. The summed E-state index contributed by atoms with van der Waals surface area (Å²) < 4.78 is 27.2. The molecule has 1 saturated carbocycles. The molecule has 1 aromatic heterocycles. The van der Waals surface area contributed by atoms with Gasteiger partial charge in [0, 0.05) is 24.7 Å². The van der Waals surface area contributed by atoms with Gasteiger partial charge in [-0.25, -0.2) is 8.78 Å². The van der Waals surface area contributed by atoms with Gasteiger partial charge < -0.3 is 5.73 Å². The molecule has 72 valence electrons. The number of aromatic nitrogens is 2. The molecule has 1 heterocycles. The summed E-state index contributed by atoms with van der Waals surface area (Å²) in [5.74, 6) is -2.76. The van der Waals surface area contributed by atoms with Crippen molar-refractivity contribution < 1.29 is 8.78 Å². The summed E-state index contributed by atoms with van der Waals surface area (Å²) in [6.45, 7) is 2.56. The average molecular weight is 187 g/mol. The largest absolute Gasteiger partial charge is 0.316 e. The first-order valence-electron chi connectivity index (χ1n) is 4.19.